The molecule has 22 heavy (non-hydrogen) atoms. The molecular formula is C15H21N5OS. The average Bonchev–Trinajstić information content (AvgIpc) is 2.93. The van der Waals surface area contributed by atoms with Crippen molar-refractivity contribution in [2.24, 2.45) is 0 Å². The predicted octanol–water partition coefficient (Wildman–Crippen LogP) is 2.35. The number of tetrazole rings is 1. The molecule has 0 aliphatic carbocycles. The van der Waals surface area contributed by atoms with Crippen molar-refractivity contribution < 1.29 is 4.79 Å². The van der Waals surface area contributed by atoms with Gasteiger partial charge < -0.3 is 4.90 Å². The van der Waals surface area contributed by atoms with Crippen molar-refractivity contribution >= 4 is 17.7 Å². The van der Waals surface area contributed by atoms with Crippen LogP contribution in [0.15, 0.2) is 35.5 Å². The Morgan fingerprint density at radius 1 is 1.23 bits per heavy atom. The number of thioether (sulfide) groups is 1. The van der Waals surface area contributed by atoms with Gasteiger partial charge in [0, 0.05) is 14.1 Å². The van der Waals surface area contributed by atoms with Gasteiger partial charge in [-0.2, -0.15) is 0 Å². The summed E-state index contributed by atoms with van der Waals surface area (Å²) in [6.45, 7) is 6.08. The van der Waals surface area contributed by atoms with E-state index >= 15 is 0 Å². The highest BCUT2D eigenvalue weighted by molar-refractivity contribution is 8.00. The third kappa shape index (κ3) is 3.65. The Bertz CT molecular complexity index is 633. The number of nitrogens with zero attached hydrogens (tertiary/aromatic N) is 5. The van der Waals surface area contributed by atoms with Crippen molar-refractivity contribution in [2.45, 2.75) is 36.7 Å². The molecule has 0 bridgehead atoms. The van der Waals surface area contributed by atoms with Crippen molar-refractivity contribution in [1.82, 2.24) is 25.1 Å². The molecule has 0 unspecified atom stereocenters. The number of rotatable bonds is 4. The zero-order valence-corrected chi connectivity index (χ0v) is 14.3. The number of amides is 1. The van der Waals surface area contributed by atoms with Crippen LogP contribution in [0.5, 0.6) is 0 Å². The Morgan fingerprint density at radius 2 is 1.86 bits per heavy atom. The smallest absolute Gasteiger partial charge is 0.240 e. The maximum Gasteiger partial charge on any atom is 0.240 e. The molecular weight excluding hydrogens is 298 g/mol. The van der Waals surface area contributed by atoms with Gasteiger partial charge in [-0.25, -0.2) is 4.68 Å². The number of hydrogen-bond acceptors (Lipinski definition) is 5. The molecule has 1 aromatic heterocycles. The standard InChI is InChI=1S/C15H21N5OS/c1-15(2,3)20-14(16-17-18-20)22-12(13(21)19(4)5)11-9-7-6-8-10-11/h6-10,12H,1-5H3/t12-/m0/s1. The molecule has 7 heteroatoms. The van der Waals surface area contributed by atoms with E-state index in [1.54, 1.807) is 23.7 Å². The van der Waals surface area contributed by atoms with Gasteiger partial charge in [0.2, 0.25) is 11.1 Å². The highest BCUT2D eigenvalue weighted by Crippen LogP contribution is 2.36. The van der Waals surface area contributed by atoms with E-state index in [-0.39, 0.29) is 16.7 Å². The molecule has 6 nitrogen and oxygen atoms in total. The molecule has 0 saturated heterocycles. The number of carbonyl (C=O) groups is 1. The summed E-state index contributed by atoms with van der Waals surface area (Å²) in [7, 11) is 3.51. The highest BCUT2D eigenvalue weighted by Gasteiger charge is 2.28. The molecule has 0 aliphatic rings. The van der Waals surface area contributed by atoms with Crippen LogP contribution >= 0.6 is 11.8 Å². The first-order valence-electron chi connectivity index (χ1n) is 7.02. The van der Waals surface area contributed by atoms with Crippen LogP contribution < -0.4 is 0 Å². The zero-order chi connectivity index (χ0) is 16.3. The summed E-state index contributed by atoms with van der Waals surface area (Å²) in [4.78, 5) is 14.2. The van der Waals surface area contributed by atoms with Gasteiger partial charge in [0.25, 0.3) is 0 Å². The van der Waals surface area contributed by atoms with E-state index in [1.807, 2.05) is 51.1 Å². The lowest BCUT2D eigenvalue weighted by Crippen LogP contribution is -2.28. The second-order valence-electron chi connectivity index (χ2n) is 6.19. The van der Waals surface area contributed by atoms with Gasteiger partial charge in [-0.3, -0.25) is 4.79 Å². The predicted molar refractivity (Wildman–Crippen MR) is 86.5 cm³/mol. The minimum atomic E-state index is -0.372. The van der Waals surface area contributed by atoms with E-state index < -0.39 is 0 Å². The number of aromatic nitrogens is 4. The summed E-state index contributed by atoms with van der Waals surface area (Å²) in [5, 5.41) is 12.2. The number of hydrogen-bond donors (Lipinski definition) is 0. The molecule has 1 heterocycles. The van der Waals surface area contributed by atoms with Crippen molar-refractivity contribution in [3.8, 4) is 0 Å². The number of benzene rings is 1. The third-order valence-electron chi connectivity index (χ3n) is 3.07. The van der Waals surface area contributed by atoms with E-state index in [0.29, 0.717) is 5.16 Å². The lowest BCUT2D eigenvalue weighted by atomic mass is 10.1. The molecule has 0 N–H and O–H groups in total. The second kappa shape index (κ2) is 6.48. The fourth-order valence-electron chi connectivity index (χ4n) is 1.90. The molecule has 0 saturated carbocycles. The van der Waals surface area contributed by atoms with Gasteiger partial charge in [-0.05, 0) is 36.8 Å². The minimum Gasteiger partial charge on any atom is -0.348 e. The van der Waals surface area contributed by atoms with Crippen LogP contribution in [0.1, 0.15) is 31.6 Å². The lowest BCUT2D eigenvalue weighted by Gasteiger charge is -2.23. The molecule has 1 atom stereocenters. The zero-order valence-electron chi connectivity index (χ0n) is 13.5. The minimum absolute atomic E-state index is 0.0136. The van der Waals surface area contributed by atoms with Crippen LogP contribution in [0.4, 0.5) is 0 Å². The van der Waals surface area contributed by atoms with E-state index in [0.717, 1.165) is 5.56 Å². The van der Waals surface area contributed by atoms with Gasteiger partial charge in [-0.1, -0.05) is 42.1 Å². The van der Waals surface area contributed by atoms with Gasteiger partial charge in [0.05, 0.1) is 5.54 Å². The summed E-state index contributed by atoms with van der Waals surface area (Å²) < 4.78 is 1.75. The molecule has 2 rings (SSSR count). The Balaban J connectivity index is 2.36. The molecule has 0 aliphatic heterocycles. The molecule has 2 aromatic rings. The molecule has 1 amide bonds. The second-order valence-corrected chi connectivity index (χ2v) is 7.26. The van der Waals surface area contributed by atoms with E-state index in [1.165, 1.54) is 11.8 Å². The number of carbonyl (C=O) groups excluding carboxylic acids is 1. The maximum absolute atomic E-state index is 12.6. The van der Waals surface area contributed by atoms with Gasteiger partial charge >= 0.3 is 0 Å². The van der Waals surface area contributed by atoms with Gasteiger partial charge in [0.1, 0.15) is 5.25 Å². The summed E-state index contributed by atoms with van der Waals surface area (Å²) >= 11 is 1.37. The Hall–Kier alpha value is -1.89. The van der Waals surface area contributed by atoms with Gasteiger partial charge in [0.15, 0.2) is 0 Å². The van der Waals surface area contributed by atoms with Crippen LogP contribution in [0.2, 0.25) is 0 Å². The first-order chi connectivity index (χ1) is 10.3. The van der Waals surface area contributed by atoms with E-state index in [2.05, 4.69) is 15.5 Å². The fraction of sp³-hybridized carbons (Fsp3) is 0.467. The molecule has 0 fully saturated rings. The monoisotopic (exact) mass is 319 g/mol. The third-order valence-corrected chi connectivity index (χ3v) is 4.24. The first-order valence-corrected chi connectivity index (χ1v) is 7.90. The fourth-order valence-corrected chi connectivity index (χ4v) is 3.21. The summed E-state index contributed by atoms with van der Waals surface area (Å²) in [5.74, 6) is 0.0136. The van der Waals surface area contributed by atoms with Crippen molar-refractivity contribution in [1.29, 1.82) is 0 Å². The van der Waals surface area contributed by atoms with E-state index in [9.17, 15) is 4.79 Å². The van der Waals surface area contributed by atoms with Crippen LogP contribution in [0, 0.1) is 0 Å². The maximum atomic E-state index is 12.6. The molecule has 1 aromatic carbocycles. The van der Waals surface area contributed by atoms with Crippen molar-refractivity contribution in [3.05, 3.63) is 35.9 Å². The summed E-state index contributed by atoms with van der Waals surface area (Å²) in [6, 6.07) is 9.69. The average molecular weight is 319 g/mol. The largest absolute Gasteiger partial charge is 0.348 e. The molecule has 0 radical (unpaired) electrons. The summed E-state index contributed by atoms with van der Waals surface area (Å²) in [6.07, 6.45) is 0. The van der Waals surface area contributed by atoms with Crippen LogP contribution in [-0.4, -0.2) is 45.1 Å². The first kappa shape index (κ1) is 16.5. The van der Waals surface area contributed by atoms with Crippen molar-refractivity contribution in [3.63, 3.8) is 0 Å². The SMILES string of the molecule is CN(C)C(=O)[C@@H](Sc1nnnn1C(C)(C)C)c1ccccc1. The Kier molecular flexibility index (Phi) is 4.85. The van der Waals surface area contributed by atoms with E-state index in [4.69, 9.17) is 0 Å². The summed E-state index contributed by atoms with van der Waals surface area (Å²) in [5.41, 5.74) is 0.698. The topological polar surface area (TPSA) is 63.9 Å². The molecule has 118 valence electrons. The van der Waals surface area contributed by atoms with Crippen LogP contribution in [-0.2, 0) is 10.3 Å². The quantitative estimate of drug-likeness (QED) is 0.810. The molecule has 0 spiro atoms. The highest BCUT2D eigenvalue weighted by atomic mass is 32.2. The van der Waals surface area contributed by atoms with Crippen LogP contribution in [0.3, 0.4) is 0 Å². The number of likely N-dealkylation sites (N-methyl/N-ethyl adjacent to an activating group) is 1. The lowest BCUT2D eigenvalue weighted by molar-refractivity contribution is -0.128. The Morgan fingerprint density at radius 3 is 2.41 bits per heavy atom. The van der Waals surface area contributed by atoms with Gasteiger partial charge in [-0.15, -0.1) is 5.10 Å². The normalized spacial score (nSPS) is 13.0. The van der Waals surface area contributed by atoms with Crippen molar-refractivity contribution in [2.75, 3.05) is 14.1 Å². The van der Waals surface area contributed by atoms with Crippen LogP contribution in [0.25, 0.3) is 0 Å². The Labute approximate surface area is 134 Å².